The fourth-order valence-electron chi connectivity index (χ4n) is 2.50. The van der Waals surface area contributed by atoms with Crippen LogP contribution in [0.5, 0.6) is 0 Å². The van der Waals surface area contributed by atoms with E-state index in [1.807, 2.05) is 0 Å². The number of rotatable bonds is 3. The second-order valence-corrected chi connectivity index (χ2v) is 6.27. The summed E-state index contributed by atoms with van der Waals surface area (Å²) in [4.78, 5) is 6.90. The van der Waals surface area contributed by atoms with Gasteiger partial charge in [0.25, 0.3) is 0 Å². The number of thiophene rings is 1. The number of nitrogen functional groups attached to an aromatic ring is 1. The van der Waals surface area contributed by atoms with Gasteiger partial charge in [0, 0.05) is 16.7 Å². The zero-order valence-corrected chi connectivity index (χ0v) is 12.7. The maximum Gasteiger partial charge on any atom is 0.197 e. The highest BCUT2D eigenvalue weighted by Crippen LogP contribution is 2.46. The zero-order valence-electron chi connectivity index (χ0n) is 11.1. The van der Waals surface area contributed by atoms with E-state index in [1.54, 1.807) is 17.6 Å². The van der Waals surface area contributed by atoms with Gasteiger partial charge < -0.3 is 20.7 Å². The van der Waals surface area contributed by atoms with Crippen LogP contribution < -0.4 is 5.73 Å². The number of fused-ring (bicyclic) bond motifs is 1. The largest absolute Gasteiger partial charge is 0.397 e. The fourth-order valence-corrected chi connectivity index (χ4v) is 3.86. The lowest BCUT2D eigenvalue weighted by Crippen LogP contribution is -2.43. The van der Waals surface area contributed by atoms with Crippen molar-refractivity contribution in [2.24, 2.45) is 5.11 Å². The second-order valence-electron chi connectivity index (χ2n) is 4.89. The Bertz CT molecular complexity index is 764. The number of pyridine rings is 1. The third-order valence-electron chi connectivity index (χ3n) is 3.64. The van der Waals surface area contributed by atoms with Crippen LogP contribution in [-0.2, 0) is 4.74 Å². The topological polar surface area (TPSA) is 137 Å². The Labute approximate surface area is 133 Å². The van der Waals surface area contributed by atoms with Crippen LogP contribution in [0.4, 0.5) is 5.69 Å². The lowest BCUT2D eigenvalue weighted by Gasteiger charge is -2.23. The minimum absolute atomic E-state index is 0.578. The molecule has 2 aromatic rings. The van der Waals surface area contributed by atoms with Crippen LogP contribution in [0.2, 0.25) is 0 Å². The molecule has 0 radical (unpaired) electrons. The Morgan fingerprint density at radius 1 is 1.64 bits per heavy atom. The smallest absolute Gasteiger partial charge is 0.197 e. The van der Waals surface area contributed by atoms with Crippen LogP contribution in [0, 0.1) is 0 Å². The number of anilines is 1. The molecule has 0 saturated carbocycles. The van der Waals surface area contributed by atoms with Gasteiger partial charge in [0.1, 0.15) is 12.2 Å². The lowest BCUT2D eigenvalue weighted by molar-refractivity contribution is -0.107. The molecule has 4 atom stereocenters. The molecule has 1 aliphatic heterocycles. The number of hydrogen-bond acceptors (Lipinski definition) is 7. The van der Waals surface area contributed by atoms with E-state index < -0.39 is 29.9 Å². The van der Waals surface area contributed by atoms with Gasteiger partial charge in [-0.1, -0.05) is 5.11 Å². The van der Waals surface area contributed by atoms with Crippen LogP contribution in [0.1, 0.15) is 11.7 Å². The Morgan fingerprint density at radius 2 is 2.41 bits per heavy atom. The predicted molar refractivity (Wildman–Crippen MR) is 82.5 cm³/mol. The van der Waals surface area contributed by atoms with E-state index in [4.69, 9.17) is 27.6 Å². The summed E-state index contributed by atoms with van der Waals surface area (Å²) in [6.07, 6.45) is -0.566. The molecule has 1 aliphatic rings. The first-order chi connectivity index (χ1) is 10.5. The van der Waals surface area contributed by atoms with Crippen LogP contribution in [0.15, 0.2) is 22.8 Å². The molecule has 4 N–H and O–H groups in total. The van der Waals surface area contributed by atoms with Gasteiger partial charge in [-0.15, -0.1) is 22.9 Å². The van der Waals surface area contributed by atoms with E-state index in [-0.39, 0.29) is 0 Å². The third-order valence-corrected chi connectivity index (χ3v) is 5.15. The van der Waals surface area contributed by atoms with Crippen molar-refractivity contribution in [3.8, 4) is 0 Å². The fraction of sp³-hybridized carbons (Fsp3) is 0.417. The van der Waals surface area contributed by atoms with Gasteiger partial charge in [0.05, 0.1) is 27.9 Å². The number of ether oxygens (including phenoxy) is 1. The molecule has 10 heteroatoms. The van der Waals surface area contributed by atoms with Crippen molar-refractivity contribution in [1.29, 1.82) is 0 Å². The maximum absolute atomic E-state index is 10.2. The van der Waals surface area contributed by atoms with Crippen molar-refractivity contribution < 1.29 is 14.9 Å². The molecular formula is C12H12ClN5O3S. The number of aromatic nitrogens is 1. The van der Waals surface area contributed by atoms with E-state index >= 15 is 0 Å². The number of aliphatic hydroxyl groups excluding tert-OH is 2. The zero-order chi connectivity index (χ0) is 15.9. The number of halogens is 1. The molecule has 8 nitrogen and oxygen atoms in total. The Morgan fingerprint density at radius 3 is 3.09 bits per heavy atom. The standard InChI is InChI=1S/C12H12ClN5O3S/c13-7-9(21-12(4-19,11(7)20)17-18-15)5-3-22-10-6(14)1-2-16-8(5)10/h1-3,7,9,11,19-20H,4H2,(H2,14,16)/t7-,9-,11-,12+/m0/s1. The summed E-state index contributed by atoms with van der Waals surface area (Å²) < 4.78 is 6.41. The summed E-state index contributed by atoms with van der Waals surface area (Å²) in [6.45, 7) is -0.685. The molecule has 3 rings (SSSR count). The SMILES string of the molecule is [N-]=[N+]=N[C@]1(CO)O[C@@H](c2csc3c(N)ccnc23)[C@H](Cl)[C@@H]1O. The number of alkyl halides is 1. The van der Waals surface area contributed by atoms with Crippen molar-refractivity contribution in [3.05, 3.63) is 33.6 Å². The molecule has 0 bridgehead atoms. The van der Waals surface area contributed by atoms with Gasteiger partial charge in [-0.3, -0.25) is 4.98 Å². The normalized spacial score (nSPS) is 31.3. The molecule has 0 amide bonds. The van der Waals surface area contributed by atoms with Gasteiger partial charge in [0.2, 0.25) is 0 Å². The summed E-state index contributed by atoms with van der Waals surface area (Å²) >= 11 is 7.61. The lowest BCUT2D eigenvalue weighted by atomic mass is 10.0. The summed E-state index contributed by atoms with van der Waals surface area (Å²) in [6, 6.07) is 1.68. The van der Waals surface area contributed by atoms with Gasteiger partial charge in [-0.2, -0.15) is 0 Å². The molecular weight excluding hydrogens is 330 g/mol. The van der Waals surface area contributed by atoms with Gasteiger partial charge >= 0.3 is 0 Å². The number of nitrogens with zero attached hydrogens (tertiary/aromatic N) is 4. The quantitative estimate of drug-likeness (QED) is 0.339. The highest BCUT2D eigenvalue weighted by Gasteiger charge is 2.54. The summed E-state index contributed by atoms with van der Waals surface area (Å²) in [5.41, 5.74) is 14.6. The van der Waals surface area contributed by atoms with Crippen LogP contribution in [0.3, 0.4) is 0 Å². The molecule has 0 unspecified atom stereocenters. The van der Waals surface area contributed by atoms with Crippen molar-refractivity contribution in [3.63, 3.8) is 0 Å². The molecule has 3 heterocycles. The van der Waals surface area contributed by atoms with Crippen LogP contribution >= 0.6 is 22.9 Å². The number of azide groups is 1. The minimum Gasteiger partial charge on any atom is -0.397 e. The van der Waals surface area contributed by atoms with Crippen LogP contribution in [-0.4, -0.2) is 39.0 Å². The molecule has 116 valence electrons. The highest BCUT2D eigenvalue weighted by molar-refractivity contribution is 7.18. The van der Waals surface area contributed by atoms with Crippen molar-refractivity contribution in [2.75, 3.05) is 12.3 Å². The van der Waals surface area contributed by atoms with Gasteiger partial charge in [-0.05, 0) is 17.0 Å². The molecule has 0 spiro atoms. The minimum atomic E-state index is -1.81. The van der Waals surface area contributed by atoms with E-state index in [2.05, 4.69) is 15.0 Å². The van der Waals surface area contributed by atoms with Gasteiger partial charge in [-0.25, -0.2) is 0 Å². The van der Waals surface area contributed by atoms with E-state index in [0.717, 1.165) is 4.70 Å². The molecule has 22 heavy (non-hydrogen) atoms. The van der Waals surface area contributed by atoms with Gasteiger partial charge in [0.15, 0.2) is 5.72 Å². The maximum atomic E-state index is 10.2. The first kappa shape index (κ1) is 15.3. The summed E-state index contributed by atoms with van der Waals surface area (Å²) in [7, 11) is 0. The average molecular weight is 342 g/mol. The van der Waals surface area contributed by atoms with Crippen LogP contribution in [0.25, 0.3) is 20.7 Å². The molecule has 0 aliphatic carbocycles. The van der Waals surface area contributed by atoms with E-state index in [1.165, 1.54) is 11.3 Å². The highest BCUT2D eigenvalue weighted by atomic mass is 35.5. The first-order valence-corrected chi connectivity index (χ1v) is 7.64. The van der Waals surface area contributed by atoms with E-state index in [0.29, 0.717) is 16.8 Å². The monoisotopic (exact) mass is 341 g/mol. The van der Waals surface area contributed by atoms with Crippen molar-refractivity contribution in [1.82, 2.24) is 4.98 Å². The average Bonchev–Trinajstić information content (AvgIpc) is 3.04. The van der Waals surface area contributed by atoms with Crippen molar-refractivity contribution >= 4 is 38.8 Å². The third kappa shape index (κ3) is 2.11. The Hall–Kier alpha value is -1.61. The first-order valence-electron chi connectivity index (χ1n) is 6.32. The number of aliphatic hydroxyl groups is 2. The molecule has 1 saturated heterocycles. The molecule has 2 aromatic heterocycles. The molecule has 0 aromatic carbocycles. The number of nitrogens with two attached hydrogens (primary N) is 1. The predicted octanol–water partition coefficient (Wildman–Crippen LogP) is 1.92. The summed E-state index contributed by atoms with van der Waals surface area (Å²) in [5, 5.41) is 24.0. The Kier molecular flexibility index (Phi) is 3.85. The summed E-state index contributed by atoms with van der Waals surface area (Å²) in [5.74, 6) is 0. The number of hydrogen-bond donors (Lipinski definition) is 3. The van der Waals surface area contributed by atoms with Crippen molar-refractivity contribution in [2.45, 2.75) is 23.3 Å². The Balaban J connectivity index is 2.08. The molecule has 1 fully saturated rings. The second kappa shape index (κ2) is 5.54. The van der Waals surface area contributed by atoms with E-state index in [9.17, 15) is 10.2 Å².